The van der Waals surface area contributed by atoms with Crippen LogP contribution in [-0.2, 0) is 21.4 Å². The molecule has 8 heteroatoms. The van der Waals surface area contributed by atoms with Gasteiger partial charge in [-0.3, -0.25) is 4.72 Å². The van der Waals surface area contributed by atoms with E-state index in [0.29, 0.717) is 5.69 Å². The van der Waals surface area contributed by atoms with E-state index in [2.05, 4.69) is 9.71 Å². The standard InChI is InChI=1S/C18H16N2O4S2/c1-13-19-16(12-25-13)11-24-18(21)14-6-5-7-15(10-14)20-26(22,23)17-8-3-2-4-9-17/h2-10,12,20H,11H2,1H3. The van der Waals surface area contributed by atoms with Crippen molar-refractivity contribution >= 4 is 33.0 Å². The molecule has 134 valence electrons. The maximum Gasteiger partial charge on any atom is 0.338 e. The first-order valence-corrected chi connectivity index (χ1v) is 10.1. The summed E-state index contributed by atoms with van der Waals surface area (Å²) in [5.74, 6) is -0.545. The van der Waals surface area contributed by atoms with Crippen LogP contribution in [0.1, 0.15) is 21.1 Å². The van der Waals surface area contributed by atoms with Gasteiger partial charge in [-0.25, -0.2) is 18.2 Å². The average molecular weight is 388 g/mol. The Morgan fingerprint density at radius 1 is 1.15 bits per heavy atom. The Hall–Kier alpha value is -2.71. The lowest BCUT2D eigenvalue weighted by molar-refractivity contribution is 0.0468. The molecule has 0 aliphatic carbocycles. The van der Waals surface area contributed by atoms with Crippen molar-refractivity contribution in [3.05, 3.63) is 76.2 Å². The Labute approximate surface area is 155 Å². The summed E-state index contributed by atoms with van der Waals surface area (Å²) in [6.07, 6.45) is 0. The number of aromatic nitrogens is 1. The third-order valence-electron chi connectivity index (χ3n) is 3.42. The highest BCUT2D eigenvalue weighted by Gasteiger charge is 2.15. The van der Waals surface area contributed by atoms with Crippen LogP contribution in [0.25, 0.3) is 0 Å². The molecule has 2 aromatic carbocycles. The van der Waals surface area contributed by atoms with Crippen LogP contribution in [0.5, 0.6) is 0 Å². The Balaban J connectivity index is 1.70. The second kappa shape index (κ2) is 7.67. The fourth-order valence-corrected chi connectivity index (χ4v) is 3.89. The Morgan fingerprint density at radius 3 is 2.62 bits per heavy atom. The lowest BCUT2D eigenvalue weighted by atomic mass is 10.2. The summed E-state index contributed by atoms with van der Waals surface area (Å²) < 4.78 is 32.4. The van der Waals surface area contributed by atoms with E-state index in [1.165, 1.54) is 29.5 Å². The molecule has 0 atom stereocenters. The van der Waals surface area contributed by atoms with Crippen molar-refractivity contribution in [2.45, 2.75) is 18.4 Å². The predicted octanol–water partition coefficient (Wildman–Crippen LogP) is 3.61. The van der Waals surface area contributed by atoms with Crippen molar-refractivity contribution < 1.29 is 17.9 Å². The van der Waals surface area contributed by atoms with Gasteiger partial charge in [-0.15, -0.1) is 11.3 Å². The second-order valence-electron chi connectivity index (χ2n) is 5.43. The lowest BCUT2D eigenvalue weighted by Crippen LogP contribution is -2.13. The predicted molar refractivity (Wildman–Crippen MR) is 99.7 cm³/mol. The molecule has 0 fully saturated rings. The molecule has 0 spiro atoms. The van der Waals surface area contributed by atoms with E-state index in [1.54, 1.807) is 36.4 Å². The van der Waals surface area contributed by atoms with Crippen LogP contribution in [0.3, 0.4) is 0 Å². The zero-order valence-corrected chi connectivity index (χ0v) is 15.5. The number of thiazole rings is 1. The summed E-state index contributed by atoms with van der Waals surface area (Å²) in [7, 11) is -3.72. The largest absolute Gasteiger partial charge is 0.456 e. The summed E-state index contributed by atoms with van der Waals surface area (Å²) >= 11 is 1.48. The molecule has 1 aromatic heterocycles. The molecule has 1 heterocycles. The van der Waals surface area contributed by atoms with Crippen LogP contribution in [0, 0.1) is 6.92 Å². The summed E-state index contributed by atoms with van der Waals surface area (Å²) in [5.41, 5.74) is 1.22. The van der Waals surface area contributed by atoms with E-state index in [1.807, 2.05) is 12.3 Å². The van der Waals surface area contributed by atoms with E-state index >= 15 is 0 Å². The van der Waals surface area contributed by atoms with Gasteiger partial charge in [-0.05, 0) is 37.3 Å². The molecule has 0 radical (unpaired) electrons. The van der Waals surface area contributed by atoms with E-state index in [0.717, 1.165) is 5.01 Å². The van der Waals surface area contributed by atoms with Gasteiger partial charge in [0.2, 0.25) is 0 Å². The number of nitrogens with zero attached hydrogens (tertiary/aromatic N) is 1. The first kappa shape index (κ1) is 18.1. The quantitative estimate of drug-likeness (QED) is 0.652. The number of benzene rings is 2. The molecular formula is C18H16N2O4S2. The topological polar surface area (TPSA) is 85.4 Å². The van der Waals surface area contributed by atoms with Crippen molar-refractivity contribution in [2.24, 2.45) is 0 Å². The summed E-state index contributed by atoms with van der Waals surface area (Å²) in [6.45, 7) is 1.95. The molecule has 26 heavy (non-hydrogen) atoms. The third kappa shape index (κ3) is 4.47. The summed E-state index contributed by atoms with van der Waals surface area (Å²) in [5, 5.41) is 2.72. The van der Waals surface area contributed by atoms with Gasteiger partial charge in [0, 0.05) is 11.1 Å². The molecule has 3 aromatic rings. The van der Waals surface area contributed by atoms with Gasteiger partial charge >= 0.3 is 5.97 Å². The normalized spacial score (nSPS) is 11.1. The van der Waals surface area contributed by atoms with Crippen LogP contribution in [0.4, 0.5) is 5.69 Å². The maximum atomic E-state index is 12.4. The molecule has 1 N–H and O–H groups in total. The van der Waals surface area contributed by atoms with E-state index in [4.69, 9.17) is 4.74 Å². The van der Waals surface area contributed by atoms with Gasteiger partial charge in [-0.2, -0.15) is 0 Å². The van der Waals surface area contributed by atoms with Crippen LogP contribution in [0.15, 0.2) is 64.9 Å². The number of nitrogens with one attached hydrogen (secondary N) is 1. The number of sulfonamides is 1. The molecule has 6 nitrogen and oxygen atoms in total. The first-order chi connectivity index (χ1) is 12.4. The lowest BCUT2D eigenvalue weighted by Gasteiger charge is -2.09. The van der Waals surface area contributed by atoms with Gasteiger partial charge < -0.3 is 4.74 Å². The number of ether oxygens (including phenoxy) is 1. The Kier molecular flexibility index (Phi) is 5.34. The highest BCUT2D eigenvalue weighted by molar-refractivity contribution is 7.92. The molecule has 0 aliphatic rings. The minimum Gasteiger partial charge on any atom is -0.456 e. The smallest absolute Gasteiger partial charge is 0.338 e. The fraction of sp³-hybridized carbons (Fsp3) is 0.111. The Morgan fingerprint density at radius 2 is 1.92 bits per heavy atom. The summed E-state index contributed by atoms with van der Waals surface area (Å²) in [6, 6.07) is 14.2. The van der Waals surface area contributed by atoms with Crippen LogP contribution in [0.2, 0.25) is 0 Å². The molecule has 0 saturated carbocycles. The van der Waals surface area contributed by atoms with Crippen molar-refractivity contribution in [1.82, 2.24) is 4.98 Å². The molecule has 3 rings (SSSR count). The molecule has 0 aliphatic heterocycles. The zero-order valence-electron chi connectivity index (χ0n) is 13.9. The van der Waals surface area contributed by atoms with Gasteiger partial charge in [0.25, 0.3) is 10.0 Å². The summed E-state index contributed by atoms with van der Waals surface area (Å²) in [4.78, 5) is 16.6. The fourth-order valence-electron chi connectivity index (χ4n) is 2.22. The van der Waals surface area contributed by atoms with Crippen LogP contribution >= 0.6 is 11.3 Å². The SMILES string of the molecule is Cc1nc(COC(=O)c2cccc(NS(=O)(=O)c3ccccc3)c2)cs1. The number of hydrogen-bond acceptors (Lipinski definition) is 6. The molecule has 0 saturated heterocycles. The van der Waals surface area contributed by atoms with Gasteiger partial charge in [0.15, 0.2) is 0 Å². The molecule has 0 unspecified atom stereocenters. The minimum absolute atomic E-state index is 0.0726. The number of aryl methyl sites for hydroxylation is 1. The molecular weight excluding hydrogens is 372 g/mol. The second-order valence-corrected chi connectivity index (χ2v) is 8.18. The molecule has 0 amide bonds. The van der Waals surface area contributed by atoms with Crippen LogP contribution < -0.4 is 4.72 Å². The minimum atomic E-state index is -3.72. The molecule has 0 bridgehead atoms. The number of anilines is 1. The number of carbonyl (C=O) groups is 1. The van der Waals surface area contributed by atoms with Crippen molar-refractivity contribution in [3.8, 4) is 0 Å². The van der Waals surface area contributed by atoms with Gasteiger partial charge in [-0.1, -0.05) is 24.3 Å². The monoisotopic (exact) mass is 388 g/mol. The number of rotatable bonds is 6. The van der Waals surface area contributed by atoms with E-state index in [-0.39, 0.29) is 22.8 Å². The highest BCUT2D eigenvalue weighted by atomic mass is 32.2. The highest BCUT2D eigenvalue weighted by Crippen LogP contribution is 2.18. The third-order valence-corrected chi connectivity index (χ3v) is 5.64. The maximum absolute atomic E-state index is 12.4. The zero-order chi connectivity index (χ0) is 18.6. The van der Waals surface area contributed by atoms with Crippen molar-refractivity contribution in [2.75, 3.05) is 4.72 Å². The average Bonchev–Trinajstić information content (AvgIpc) is 3.05. The van der Waals surface area contributed by atoms with E-state index in [9.17, 15) is 13.2 Å². The van der Waals surface area contributed by atoms with Gasteiger partial charge in [0.1, 0.15) is 6.61 Å². The number of esters is 1. The van der Waals surface area contributed by atoms with Crippen molar-refractivity contribution in [1.29, 1.82) is 0 Å². The van der Waals surface area contributed by atoms with Crippen molar-refractivity contribution in [3.63, 3.8) is 0 Å². The van der Waals surface area contributed by atoms with E-state index < -0.39 is 16.0 Å². The number of hydrogen-bond donors (Lipinski definition) is 1. The van der Waals surface area contributed by atoms with Gasteiger partial charge in [0.05, 0.1) is 21.2 Å². The number of carbonyl (C=O) groups excluding carboxylic acids is 1. The Bertz CT molecular complexity index is 1010. The van der Waals surface area contributed by atoms with Crippen LogP contribution in [-0.4, -0.2) is 19.4 Å². The first-order valence-electron chi connectivity index (χ1n) is 7.70.